The van der Waals surface area contributed by atoms with Gasteiger partial charge in [0.05, 0.1) is 11.6 Å². The lowest BCUT2D eigenvalue weighted by Crippen LogP contribution is -2.11. The molecule has 0 saturated heterocycles. The molecule has 0 aliphatic carbocycles. The van der Waals surface area contributed by atoms with Gasteiger partial charge in [0.1, 0.15) is 11.6 Å². The van der Waals surface area contributed by atoms with Crippen LogP contribution < -0.4 is 10.5 Å². The minimum absolute atomic E-state index is 0.0104. The molecule has 3 N–H and O–H groups in total. The predicted molar refractivity (Wildman–Crippen MR) is 75.9 cm³/mol. The number of aromatic nitrogens is 1. The number of nitrogens with two attached hydrogens (primary N) is 1. The summed E-state index contributed by atoms with van der Waals surface area (Å²) in [5.74, 6) is 0.583. The van der Waals surface area contributed by atoms with E-state index in [4.69, 9.17) is 27.5 Å². The lowest BCUT2D eigenvalue weighted by molar-refractivity contribution is 0.322. The second kappa shape index (κ2) is 6.20. The van der Waals surface area contributed by atoms with E-state index in [2.05, 4.69) is 4.98 Å². The molecule has 0 saturated carbocycles. The molecule has 5 heteroatoms. The van der Waals surface area contributed by atoms with E-state index < -0.39 is 0 Å². The molecule has 19 heavy (non-hydrogen) atoms. The van der Waals surface area contributed by atoms with Crippen molar-refractivity contribution in [2.75, 3.05) is 6.61 Å². The lowest BCUT2D eigenvalue weighted by Gasteiger charge is -2.09. The van der Waals surface area contributed by atoms with Crippen LogP contribution in [0.4, 0.5) is 0 Å². The van der Waals surface area contributed by atoms with Crippen molar-refractivity contribution >= 4 is 17.4 Å². The van der Waals surface area contributed by atoms with Crippen molar-refractivity contribution < 1.29 is 4.74 Å². The predicted octanol–water partition coefficient (Wildman–Crippen LogP) is 2.64. The Labute approximate surface area is 116 Å². The number of rotatable bonds is 5. The molecule has 0 unspecified atom stereocenters. The number of nitrogen functional groups attached to an aromatic ring is 1. The number of pyridine rings is 1. The van der Waals surface area contributed by atoms with Gasteiger partial charge in [0, 0.05) is 24.4 Å². The Balaban J connectivity index is 1.95. The summed E-state index contributed by atoms with van der Waals surface area (Å²) in [6.07, 6.45) is 4.31. The largest absolute Gasteiger partial charge is 0.492 e. The Morgan fingerprint density at radius 2 is 2.21 bits per heavy atom. The van der Waals surface area contributed by atoms with Crippen molar-refractivity contribution in [1.29, 1.82) is 5.41 Å². The molecule has 0 aliphatic heterocycles. The van der Waals surface area contributed by atoms with Crippen LogP contribution in [0.2, 0.25) is 5.02 Å². The Kier molecular flexibility index (Phi) is 4.36. The SMILES string of the molecule is N=C(N)c1ccc(OCCc2cccnc2)c(Cl)c1. The zero-order valence-electron chi connectivity index (χ0n) is 10.3. The summed E-state index contributed by atoms with van der Waals surface area (Å²) in [4.78, 5) is 4.04. The van der Waals surface area contributed by atoms with Crippen molar-refractivity contribution in [3.8, 4) is 5.75 Å². The normalized spacial score (nSPS) is 10.2. The van der Waals surface area contributed by atoms with Crippen LogP contribution in [0.1, 0.15) is 11.1 Å². The number of hydrogen-bond acceptors (Lipinski definition) is 3. The van der Waals surface area contributed by atoms with Crippen LogP contribution in [0, 0.1) is 5.41 Å². The molecule has 2 aromatic rings. The maximum atomic E-state index is 7.32. The van der Waals surface area contributed by atoms with Gasteiger partial charge in [-0.3, -0.25) is 10.4 Å². The standard InChI is InChI=1S/C14H14ClN3O/c15-12-8-11(14(16)17)3-4-13(12)19-7-5-10-2-1-6-18-9-10/h1-4,6,8-9H,5,7H2,(H3,16,17). The molecule has 0 spiro atoms. The summed E-state index contributed by atoms with van der Waals surface area (Å²) in [6, 6.07) is 8.96. The number of amidine groups is 1. The van der Waals surface area contributed by atoms with Gasteiger partial charge in [-0.2, -0.15) is 0 Å². The van der Waals surface area contributed by atoms with E-state index in [1.54, 1.807) is 24.4 Å². The zero-order valence-corrected chi connectivity index (χ0v) is 11.0. The summed E-state index contributed by atoms with van der Waals surface area (Å²) in [5, 5.41) is 7.78. The smallest absolute Gasteiger partial charge is 0.137 e. The number of hydrogen-bond donors (Lipinski definition) is 2. The van der Waals surface area contributed by atoms with Crippen LogP contribution >= 0.6 is 11.6 Å². The number of ether oxygens (including phenoxy) is 1. The van der Waals surface area contributed by atoms with Crippen LogP contribution in [-0.2, 0) is 6.42 Å². The van der Waals surface area contributed by atoms with Crippen molar-refractivity contribution in [3.63, 3.8) is 0 Å². The number of nitrogens with zero attached hydrogens (tertiary/aromatic N) is 1. The summed E-state index contributed by atoms with van der Waals surface area (Å²) < 4.78 is 5.60. The van der Waals surface area contributed by atoms with Crippen LogP contribution in [0.25, 0.3) is 0 Å². The number of nitrogens with one attached hydrogen (secondary N) is 1. The summed E-state index contributed by atoms with van der Waals surface area (Å²) >= 11 is 6.07. The molecule has 2 rings (SSSR count). The zero-order chi connectivity index (χ0) is 13.7. The van der Waals surface area contributed by atoms with Crippen molar-refractivity contribution in [2.45, 2.75) is 6.42 Å². The second-order valence-corrected chi connectivity index (χ2v) is 4.43. The van der Waals surface area contributed by atoms with E-state index in [1.807, 2.05) is 18.3 Å². The maximum Gasteiger partial charge on any atom is 0.137 e. The molecule has 0 amide bonds. The summed E-state index contributed by atoms with van der Waals surface area (Å²) in [6.45, 7) is 0.519. The van der Waals surface area contributed by atoms with Gasteiger partial charge in [0.15, 0.2) is 0 Å². The lowest BCUT2D eigenvalue weighted by atomic mass is 10.2. The Bertz CT molecular complexity index is 572. The third-order valence-corrected chi connectivity index (χ3v) is 2.91. The molecule has 1 heterocycles. The molecule has 4 nitrogen and oxygen atoms in total. The first-order valence-electron chi connectivity index (χ1n) is 5.82. The monoisotopic (exact) mass is 275 g/mol. The highest BCUT2D eigenvalue weighted by molar-refractivity contribution is 6.32. The molecule has 0 atom stereocenters. The Hall–Kier alpha value is -2.07. The first kappa shape index (κ1) is 13.4. The highest BCUT2D eigenvalue weighted by atomic mass is 35.5. The van der Waals surface area contributed by atoms with E-state index in [-0.39, 0.29) is 5.84 Å². The summed E-state index contributed by atoms with van der Waals surface area (Å²) in [7, 11) is 0. The van der Waals surface area contributed by atoms with Crippen molar-refractivity contribution in [1.82, 2.24) is 4.98 Å². The van der Waals surface area contributed by atoms with Gasteiger partial charge in [-0.25, -0.2) is 0 Å². The van der Waals surface area contributed by atoms with Gasteiger partial charge in [-0.1, -0.05) is 17.7 Å². The van der Waals surface area contributed by atoms with Crippen molar-refractivity contribution in [3.05, 3.63) is 58.9 Å². The van der Waals surface area contributed by atoms with Gasteiger partial charge in [0.2, 0.25) is 0 Å². The van der Waals surface area contributed by atoms with Gasteiger partial charge < -0.3 is 10.5 Å². The van der Waals surface area contributed by atoms with E-state index in [9.17, 15) is 0 Å². The van der Waals surface area contributed by atoms with Crippen molar-refractivity contribution in [2.24, 2.45) is 5.73 Å². The van der Waals surface area contributed by atoms with Gasteiger partial charge in [0.25, 0.3) is 0 Å². The molecule has 98 valence electrons. The molecular weight excluding hydrogens is 262 g/mol. The molecule has 1 aromatic heterocycles. The third-order valence-electron chi connectivity index (χ3n) is 2.61. The minimum atomic E-state index is -0.0104. The Morgan fingerprint density at radius 3 is 2.84 bits per heavy atom. The average molecular weight is 276 g/mol. The van der Waals surface area contributed by atoms with Crippen LogP contribution in [-0.4, -0.2) is 17.4 Å². The Morgan fingerprint density at radius 1 is 1.37 bits per heavy atom. The second-order valence-electron chi connectivity index (χ2n) is 4.02. The fourth-order valence-electron chi connectivity index (χ4n) is 1.61. The van der Waals surface area contributed by atoms with E-state index in [0.29, 0.717) is 22.9 Å². The summed E-state index contributed by atoms with van der Waals surface area (Å²) in [5.41, 5.74) is 7.08. The molecule has 0 fully saturated rings. The molecular formula is C14H14ClN3O. The first-order chi connectivity index (χ1) is 9.16. The molecule has 0 aliphatic rings. The molecule has 1 aromatic carbocycles. The molecule has 0 radical (unpaired) electrons. The van der Waals surface area contributed by atoms with E-state index >= 15 is 0 Å². The quantitative estimate of drug-likeness (QED) is 0.651. The fraction of sp³-hybridized carbons (Fsp3) is 0.143. The third kappa shape index (κ3) is 3.69. The van der Waals surface area contributed by atoms with Gasteiger partial charge in [-0.05, 0) is 29.8 Å². The van der Waals surface area contributed by atoms with Gasteiger partial charge in [-0.15, -0.1) is 0 Å². The maximum absolute atomic E-state index is 7.32. The van der Waals surface area contributed by atoms with Crippen LogP contribution in [0.3, 0.4) is 0 Å². The first-order valence-corrected chi connectivity index (χ1v) is 6.20. The minimum Gasteiger partial charge on any atom is -0.492 e. The van der Waals surface area contributed by atoms with E-state index in [0.717, 1.165) is 12.0 Å². The van der Waals surface area contributed by atoms with E-state index in [1.165, 1.54) is 0 Å². The highest BCUT2D eigenvalue weighted by Crippen LogP contribution is 2.25. The van der Waals surface area contributed by atoms with Gasteiger partial charge >= 0.3 is 0 Å². The van der Waals surface area contributed by atoms with Crippen LogP contribution in [0.5, 0.6) is 5.75 Å². The van der Waals surface area contributed by atoms with Crippen LogP contribution in [0.15, 0.2) is 42.7 Å². The number of benzene rings is 1. The fourth-order valence-corrected chi connectivity index (χ4v) is 1.85. The topological polar surface area (TPSA) is 72.0 Å². The highest BCUT2D eigenvalue weighted by Gasteiger charge is 2.05. The average Bonchev–Trinajstić information content (AvgIpc) is 2.41. The number of halogens is 1. The molecule has 0 bridgehead atoms.